The average Bonchev–Trinajstić information content (AvgIpc) is 1.86. The van der Waals surface area contributed by atoms with E-state index in [1.54, 1.807) is 0 Å². The predicted molar refractivity (Wildman–Crippen MR) is 35.4 cm³/mol. The first-order valence-corrected chi connectivity index (χ1v) is 4.10. The molecule has 0 aliphatic carbocycles. The molecule has 4 nitrogen and oxygen atoms in total. The molecule has 0 bridgehead atoms. The van der Waals surface area contributed by atoms with E-state index in [0.717, 1.165) is 0 Å². The number of rotatable bonds is 3. The molecular formula is C4H11NO3PY-. The minimum Gasteiger partial charge on any atom is -0.665 e. The average molecular weight is 241 g/mol. The third-order valence-electron chi connectivity index (χ3n) is 0.983. The maximum Gasteiger partial charge on any atom is 0.312 e. The van der Waals surface area contributed by atoms with Crippen LogP contribution in [0.25, 0.3) is 5.73 Å². The van der Waals surface area contributed by atoms with Crippen molar-refractivity contribution in [3.05, 3.63) is 5.73 Å². The third-order valence-corrected chi connectivity index (χ3v) is 2.95. The Morgan fingerprint density at radius 1 is 1.40 bits per heavy atom. The van der Waals surface area contributed by atoms with Gasteiger partial charge in [-0.05, 0) is 5.78 Å². The van der Waals surface area contributed by atoms with E-state index in [9.17, 15) is 4.57 Å². The first kappa shape index (κ1) is 13.8. The molecule has 0 aromatic carbocycles. The molecule has 0 aliphatic rings. The standard InChI is InChI=1S/C4H11NO3P.Y/c1-4(5)9(6,7-2)8-3;/h4-5H,1-3H3;/q-1;. The van der Waals surface area contributed by atoms with E-state index in [-0.39, 0.29) is 32.7 Å². The molecule has 0 fully saturated rings. The summed E-state index contributed by atoms with van der Waals surface area (Å²) in [5.41, 5.74) is 7.02. The third kappa shape index (κ3) is 3.56. The van der Waals surface area contributed by atoms with Gasteiger partial charge in [0.2, 0.25) is 0 Å². The summed E-state index contributed by atoms with van der Waals surface area (Å²) in [4.78, 5) is 0. The van der Waals surface area contributed by atoms with Gasteiger partial charge in [0.15, 0.2) is 0 Å². The van der Waals surface area contributed by atoms with Crippen molar-refractivity contribution in [3.8, 4) is 0 Å². The predicted octanol–water partition coefficient (Wildman–Crippen LogP) is 1.87. The summed E-state index contributed by atoms with van der Waals surface area (Å²) in [7, 11) is -0.540. The van der Waals surface area contributed by atoms with Crippen LogP contribution in [0.2, 0.25) is 0 Å². The van der Waals surface area contributed by atoms with Crippen LogP contribution in [0.4, 0.5) is 0 Å². The molecule has 1 unspecified atom stereocenters. The Bertz CT molecular complexity index is 122. The van der Waals surface area contributed by atoms with Crippen LogP contribution in [-0.2, 0) is 46.3 Å². The summed E-state index contributed by atoms with van der Waals surface area (Å²) in [5, 5.41) is 0. The van der Waals surface area contributed by atoms with Crippen LogP contribution in [0.15, 0.2) is 0 Å². The SMILES string of the molecule is COP(=O)(OC)C(C)[NH-].[Y]. The van der Waals surface area contributed by atoms with Gasteiger partial charge in [-0.1, -0.05) is 6.92 Å². The van der Waals surface area contributed by atoms with Gasteiger partial charge in [-0.2, -0.15) is 0 Å². The van der Waals surface area contributed by atoms with E-state index in [0.29, 0.717) is 0 Å². The van der Waals surface area contributed by atoms with Gasteiger partial charge in [0, 0.05) is 46.9 Å². The van der Waals surface area contributed by atoms with E-state index in [2.05, 4.69) is 9.05 Å². The number of hydrogen-bond acceptors (Lipinski definition) is 3. The fourth-order valence-electron chi connectivity index (χ4n) is 0.391. The Kier molecular flexibility index (Phi) is 8.01. The van der Waals surface area contributed by atoms with E-state index < -0.39 is 13.4 Å². The van der Waals surface area contributed by atoms with Crippen molar-refractivity contribution in [2.45, 2.75) is 12.7 Å². The summed E-state index contributed by atoms with van der Waals surface area (Å²) in [5.74, 6) is -0.813. The van der Waals surface area contributed by atoms with E-state index in [4.69, 9.17) is 5.73 Å². The van der Waals surface area contributed by atoms with Crippen LogP contribution in [0.5, 0.6) is 0 Å². The van der Waals surface area contributed by atoms with Gasteiger partial charge in [0.25, 0.3) is 0 Å². The molecule has 0 heterocycles. The molecule has 0 amide bonds. The van der Waals surface area contributed by atoms with Crippen LogP contribution < -0.4 is 0 Å². The van der Waals surface area contributed by atoms with E-state index in [1.807, 2.05) is 0 Å². The van der Waals surface area contributed by atoms with Crippen molar-refractivity contribution >= 4 is 7.60 Å². The minimum absolute atomic E-state index is 0. The Morgan fingerprint density at radius 2 is 1.70 bits per heavy atom. The zero-order chi connectivity index (χ0) is 7.49. The van der Waals surface area contributed by atoms with E-state index >= 15 is 0 Å². The smallest absolute Gasteiger partial charge is 0.312 e. The summed E-state index contributed by atoms with van der Waals surface area (Å²) in [6.45, 7) is 1.47. The maximum absolute atomic E-state index is 11.0. The molecule has 1 atom stereocenters. The second-order valence-corrected chi connectivity index (χ2v) is 4.17. The molecular weight excluding hydrogens is 230 g/mol. The van der Waals surface area contributed by atoms with Crippen molar-refractivity contribution in [3.63, 3.8) is 0 Å². The van der Waals surface area contributed by atoms with Gasteiger partial charge in [-0.25, -0.2) is 0 Å². The summed E-state index contributed by atoms with van der Waals surface area (Å²) in [6, 6.07) is 0. The van der Waals surface area contributed by atoms with Crippen molar-refractivity contribution in [1.29, 1.82) is 0 Å². The second-order valence-electron chi connectivity index (χ2n) is 1.58. The molecule has 1 N–H and O–H groups in total. The van der Waals surface area contributed by atoms with Gasteiger partial charge >= 0.3 is 7.60 Å². The van der Waals surface area contributed by atoms with Crippen LogP contribution in [-0.4, -0.2) is 20.0 Å². The zero-order valence-corrected chi connectivity index (χ0v) is 10.1. The summed E-state index contributed by atoms with van der Waals surface area (Å²) < 4.78 is 20.0. The molecule has 6 heteroatoms. The molecule has 0 aromatic rings. The normalized spacial score (nSPS) is 14.0. The topological polar surface area (TPSA) is 59.3 Å². The Labute approximate surface area is 86.2 Å². The quantitative estimate of drug-likeness (QED) is 0.708. The Balaban J connectivity index is 0. The maximum atomic E-state index is 11.0. The van der Waals surface area contributed by atoms with Crippen molar-refractivity contribution in [2.24, 2.45) is 0 Å². The van der Waals surface area contributed by atoms with Crippen molar-refractivity contribution in [2.75, 3.05) is 14.2 Å². The van der Waals surface area contributed by atoms with Crippen LogP contribution >= 0.6 is 7.60 Å². The fraction of sp³-hybridized carbons (Fsp3) is 1.00. The van der Waals surface area contributed by atoms with Crippen molar-refractivity contribution in [1.82, 2.24) is 0 Å². The van der Waals surface area contributed by atoms with Gasteiger partial charge in [-0.3, -0.25) is 4.57 Å². The van der Waals surface area contributed by atoms with Crippen LogP contribution in [0.3, 0.4) is 0 Å². The second kappa shape index (κ2) is 5.81. The van der Waals surface area contributed by atoms with Crippen LogP contribution in [0, 0.1) is 0 Å². The molecule has 59 valence electrons. The first-order chi connectivity index (χ1) is 4.06. The minimum atomic E-state index is -3.09. The Hall–Kier alpha value is 1.21. The summed E-state index contributed by atoms with van der Waals surface area (Å²) >= 11 is 0. The number of nitrogens with one attached hydrogen (secondary N) is 1. The molecule has 0 rings (SSSR count). The van der Waals surface area contributed by atoms with E-state index in [1.165, 1.54) is 21.1 Å². The van der Waals surface area contributed by atoms with Crippen LogP contribution in [0.1, 0.15) is 6.92 Å². The number of hydrogen-bond donors (Lipinski definition) is 0. The fourth-order valence-corrected chi connectivity index (χ4v) is 1.17. The largest absolute Gasteiger partial charge is 0.665 e. The Morgan fingerprint density at radius 3 is 1.70 bits per heavy atom. The monoisotopic (exact) mass is 241 g/mol. The molecule has 0 aliphatic heterocycles. The van der Waals surface area contributed by atoms with Gasteiger partial charge in [0.1, 0.15) is 0 Å². The summed E-state index contributed by atoms with van der Waals surface area (Å²) in [6.07, 6.45) is 0. The first-order valence-electron chi connectivity index (χ1n) is 2.49. The molecule has 0 saturated carbocycles. The van der Waals surface area contributed by atoms with Gasteiger partial charge in [0.05, 0.1) is 0 Å². The van der Waals surface area contributed by atoms with Gasteiger partial charge < -0.3 is 14.8 Å². The molecule has 0 aromatic heterocycles. The molecule has 0 spiro atoms. The van der Waals surface area contributed by atoms with Crippen molar-refractivity contribution < 1.29 is 46.3 Å². The molecule has 0 saturated heterocycles. The molecule has 1 radical (unpaired) electrons. The zero-order valence-electron chi connectivity index (χ0n) is 6.33. The molecule has 10 heavy (non-hydrogen) atoms. The van der Waals surface area contributed by atoms with Gasteiger partial charge in [-0.15, -0.1) is 0 Å².